The summed E-state index contributed by atoms with van der Waals surface area (Å²) < 4.78 is 54.3. The predicted octanol–water partition coefficient (Wildman–Crippen LogP) is 7.89. The van der Waals surface area contributed by atoms with Gasteiger partial charge < -0.3 is 9.47 Å². The molecule has 0 amide bonds. The first-order chi connectivity index (χ1) is 16.5. The van der Waals surface area contributed by atoms with Gasteiger partial charge >= 0.3 is 0 Å². The van der Waals surface area contributed by atoms with Crippen molar-refractivity contribution in [2.24, 2.45) is 0 Å². The van der Waals surface area contributed by atoms with Gasteiger partial charge in [-0.25, -0.2) is 8.78 Å². The smallest absolute Gasteiger partial charge is 0.201 e. The third-order valence-corrected chi connectivity index (χ3v) is 5.38. The molecule has 0 radical (unpaired) electrons. The minimum atomic E-state index is -1.02. The van der Waals surface area contributed by atoms with Gasteiger partial charge in [-0.15, -0.1) is 0 Å². The lowest BCUT2D eigenvalue weighted by molar-refractivity contribution is 0.285. The highest BCUT2D eigenvalue weighted by atomic mass is 19.2. The van der Waals surface area contributed by atoms with E-state index in [4.69, 9.17) is 9.47 Å². The van der Waals surface area contributed by atoms with Crippen LogP contribution in [0.1, 0.15) is 11.1 Å². The summed E-state index contributed by atoms with van der Waals surface area (Å²) in [7, 11) is 0. The van der Waals surface area contributed by atoms with Crippen molar-refractivity contribution in [3.05, 3.63) is 120 Å². The van der Waals surface area contributed by atoms with E-state index in [0.29, 0.717) is 11.1 Å². The topological polar surface area (TPSA) is 18.5 Å². The van der Waals surface area contributed by atoms with Gasteiger partial charge in [-0.05, 0) is 53.4 Å². The van der Waals surface area contributed by atoms with E-state index in [0.717, 1.165) is 16.7 Å². The van der Waals surface area contributed by atoms with E-state index >= 15 is 0 Å². The molecule has 2 nitrogen and oxygen atoms in total. The Bertz CT molecular complexity index is 1300. The maximum Gasteiger partial charge on any atom is 0.201 e. The molecule has 0 N–H and O–H groups in total. The van der Waals surface area contributed by atoms with Crippen LogP contribution in [0.3, 0.4) is 0 Å². The van der Waals surface area contributed by atoms with Crippen molar-refractivity contribution < 1.29 is 22.6 Å². The van der Waals surface area contributed by atoms with Gasteiger partial charge in [-0.3, -0.25) is 0 Å². The molecule has 172 valence electrons. The van der Waals surface area contributed by atoms with Gasteiger partial charge in [0.15, 0.2) is 23.1 Å². The minimum Gasteiger partial charge on any atom is -0.486 e. The molecule has 0 aliphatic carbocycles. The number of hydrogen-bond donors (Lipinski definition) is 0. The Hall–Kier alpha value is -3.99. The first kappa shape index (κ1) is 23.2. The fourth-order valence-electron chi connectivity index (χ4n) is 3.50. The molecule has 4 rings (SSSR count). The lowest BCUT2D eigenvalue weighted by Gasteiger charge is -2.11. The summed E-state index contributed by atoms with van der Waals surface area (Å²) in [5.41, 5.74) is 4.07. The predicted molar refractivity (Wildman–Crippen MR) is 128 cm³/mol. The van der Waals surface area contributed by atoms with Gasteiger partial charge in [0.25, 0.3) is 0 Å². The molecule has 4 aromatic carbocycles. The normalized spacial score (nSPS) is 10.7. The van der Waals surface area contributed by atoms with Crippen molar-refractivity contribution in [3.63, 3.8) is 0 Å². The molecule has 0 fully saturated rings. The molecule has 0 bridgehead atoms. The highest BCUT2D eigenvalue weighted by Gasteiger charge is 2.16. The SMILES string of the molecule is C=CCOc1ccc(-c2ccc(COc3ccc(-c4ccc(C)cc4)c(F)c3F)cc2)cc1F. The molecule has 0 atom stereocenters. The van der Waals surface area contributed by atoms with Gasteiger partial charge in [0.2, 0.25) is 5.82 Å². The molecule has 5 heteroatoms. The first-order valence-corrected chi connectivity index (χ1v) is 10.8. The molecule has 0 aromatic heterocycles. The van der Waals surface area contributed by atoms with E-state index in [2.05, 4.69) is 6.58 Å². The van der Waals surface area contributed by atoms with E-state index in [1.807, 2.05) is 31.2 Å². The molecular weight excluding hydrogens is 437 g/mol. The largest absolute Gasteiger partial charge is 0.486 e. The van der Waals surface area contributed by atoms with E-state index < -0.39 is 17.5 Å². The summed E-state index contributed by atoms with van der Waals surface area (Å²) in [5.74, 6) is -2.42. The van der Waals surface area contributed by atoms with Gasteiger partial charge in [-0.2, -0.15) is 4.39 Å². The third kappa shape index (κ3) is 5.15. The Morgan fingerprint density at radius 2 is 1.35 bits per heavy atom. The molecule has 34 heavy (non-hydrogen) atoms. The second-order valence-corrected chi connectivity index (χ2v) is 7.84. The molecule has 0 spiro atoms. The first-order valence-electron chi connectivity index (χ1n) is 10.8. The van der Waals surface area contributed by atoms with Gasteiger partial charge in [0.05, 0.1) is 0 Å². The summed E-state index contributed by atoms with van der Waals surface area (Å²) >= 11 is 0. The Kier molecular flexibility index (Phi) is 7.02. The van der Waals surface area contributed by atoms with Crippen LogP contribution in [-0.2, 0) is 6.61 Å². The Labute approximate surface area is 196 Å². The maximum atomic E-state index is 14.6. The fourth-order valence-corrected chi connectivity index (χ4v) is 3.50. The van der Waals surface area contributed by atoms with Gasteiger partial charge in [0.1, 0.15) is 13.2 Å². The number of halogens is 3. The van der Waals surface area contributed by atoms with E-state index in [1.165, 1.54) is 18.2 Å². The zero-order valence-corrected chi connectivity index (χ0v) is 18.7. The van der Waals surface area contributed by atoms with Crippen LogP contribution >= 0.6 is 0 Å². The molecular formula is C29H23F3O2. The van der Waals surface area contributed by atoms with Crippen LogP contribution in [0.5, 0.6) is 11.5 Å². The summed E-state index contributed by atoms with van der Waals surface area (Å²) in [5, 5.41) is 0. The summed E-state index contributed by atoms with van der Waals surface area (Å²) in [6.07, 6.45) is 1.55. The van der Waals surface area contributed by atoms with Crippen molar-refractivity contribution in [3.8, 4) is 33.8 Å². The highest BCUT2D eigenvalue weighted by Crippen LogP contribution is 2.31. The number of ether oxygens (including phenoxy) is 2. The highest BCUT2D eigenvalue weighted by molar-refractivity contribution is 5.66. The average molecular weight is 460 g/mol. The van der Waals surface area contributed by atoms with Crippen LogP contribution in [-0.4, -0.2) is 6.61 Å². The van der Waals surface area contributed by atoms with E-state index in [9.17, 15) is 13.2 Å². The molecule has 0 aliphatic heterocycles. The molecule has 0 aliphatic rings. The third-order valence-electron chi connectivity index (χ3n) is 5.38. The average Bonchev–Trinajstić information content (AvgIpc) is 2.85. The van der Waals surface area contributed by atoms with Crippen LogP contribution in [0.25, 0.3) is 22.3 Å². The van der Waals surface area contributed by atoms with Crippen molar-refractivity contribution in [1.82, 2.24) is 0 Å². The van der Waals surface area contributed by atoms with Gasteiger partial charge in [0, 0.05) is 5.56 Å². The molecule has 0 heterocycles. The second kappa shape index (κ2) is 10.3. The van der Waals surface area contributed by atoms with Crippen molar-refractivity contribution >= 4 is 0 Å². The van der Waals surface area contributed by atoms with Crippen LogP contribution in [0, 0.1) is 24.4 Å². The summed E-state index contributed by atoms with van der Waals surface area (Å²) in [6.45, 7) is 5.76. The second-order valence-electron chi connectivity index (χ2n) is 7.84. The standard InChI is InChI=1S/C29H23F3O2/c1-3-16-33-26-14-12-23(17-25(26)30)21-10-6-20(7-11-21)18-34-27-15-13-24(28(31)29(27)32)22-8-4-19(2)5-9-22/h3-15,17H,1,16,18H2,2H3. The van der Waals surface area contributed by atoms with Gasteiger partial charge in [-0.1, -0.05) is 72.8 Å². The Balaban J connectivity index is 1.44. The molecule has 0 saturated heterocycles. The molecule has 4 aromatic rings. The quantitative estimate of drug-likeness (QED) is 0.249. The summed E-state index contributed by atoms with van der Waals surface area (Å²) in [4.78, 5) is 0. The van der Waals surface area contributed by atoms with Crippen molar-refractivity contribution in [2.45, 2.75) is 13.5 Å². The van der Waals surface area contributed by atoms with Crippen molar-refractivity contribution in [1.29, 1.82) is 0 Å². The number of hydrogen-bond acceptors (Lipinski definition) is 2. The maximum absolute atomic E-state index is 14.6. The van der Waals surface area contributed by atoms with Crippen LogP contribution in [0.4, 0.5) is 13.2 Å². The zero-order valence-electron chi connectivity index (χ0n) is 18.7. The number of benzene rings is 4. The molecule has 0 saturated carbocycles. The Morgan fingerprint density at radius 3 is 2.03 bits per heavy atom. The van der Waals surface area contributed by atoms with Crippen LogP contribution < -0.4 is 9.47 Å². The van der Waals surface area contributed by atoms with Crippen LogP contribution in [0.2, 0.25) is 0 Å². The zero-order chi connectivity index (χ0) is 24.1. The monoisotopic (exact) mass is 460 g/mol. The van der Waals surface area contributed by atoms with Crippen LogP contribution in [0.15, 0.2) is 91.5 Å². The number of aryl methyl sites for hydroxylation is 1. The lowest BCUT2D eigenvalue weighted by atomic mass is 10.0. The van der Waals surface area contributed by atoms with Crippen molar-refractivity contribution in [2.75, 3.05) is 6.61 Å². The van der Waals surface area contributed by atoms with E-state index in [1.54, 1.807) is 42.5 Å². The number of rotatable bonds is 8. The minimum absolute atomic E-state index is 0.0587. The lowest BCUT2D eigenvalue weighted by Crippen LogP contribution is -2.00. The Morgan fingerprint density at radius 1 is 0.706 bits per heavy atom. The fraction of sp³-hybridized carbons (Fsp3) is 0.103. The summed E-state index contributed by atoms with van der Waals surface area (Å²) in [6, 6.07) is 22.1. The van der Waals surface area contributed by atoms with E-state index in [-0.39, 0.29) is 30.3 Å². The molecule has 0 unspecified atom stereocenters.